The number of carbonyl (C=O) groups excluding carboxylic acids is 2. The molecule has 0 radical (unpaired) electrons. The predicted molar refractivity (Wildman–Crippen MR) is 125 cm³/mol. The number of rotatable bonds is 6. The summed E-state index contributed by atoms with van der Waals surface area (Å²) < 4.78 is 0. The molecule has 2 aromatic rings. The van der Waals surface area contributed by atoms with Crippen LogP contribution in [-0.2, 0) is 9.59 Å². The van der Waals surface area contributed by atoms with Gasteiger partial charge in [0.05, 0.1) is 6.04 Å². The second-order valence-electron chi connectivity index (χ2n) is 8.37. The van der Waals surface area contributed by atoms with Crippen LogP contribution in [-0.4, -0.2) is 75.5 Å². The molecule has 1 fully saturated rings. The maximum Gasteiger partial charge on any atom is 0.313 e. The number of hydrogen-bond donors (Lipinski definition) is 2. The summed E-state index contributed by atoms with van der Waals surface area (Å²) in [4.78, 5) is 31.5. The minimum Gasteiger partial charge on any atom is -0.378 e. The molecule has 1 heterocycles. The summed E-state index contributed by atoms with van der Waals surface area (Å²) in [5.74, 6) is -1.27. The average molecular weight is 424 g/mol. The van der Waals surface area contributed by atoms with Gasteiger partial charge in [-0.2, -0.15) is 0 Å². The van der Waals surface area contributed by atoms with Crippen LogP contribution in [0.2, 0.25) is 0 Å². The van der Waals surface area contributed by atoms with Crippen LogP contribution in [0.25, 0.3) is 0 Å². The molecule has 0 bridgehead atoms. The van der Waals surface area contributed by atoms with Gasteiger partial charge >= 0.3 is 11.8 Å². The lowest BCUT2D eigenvalue weighted by molar-refractivity contribution is -0.136. The molecule has 0 saturated carbocycles. The van der Waals surface area contributed by atoms with Crippen molar-refractivity contribution in [1.29, 1.82) is 0 Å². The third-order valence-corrected chi connectivity index (χ3v) is 5.74. The van der Waals surface area contributed by atoms with Crippen LogP contribution in [0.5, 0.6) is 0 Å². The molecule has 3 rings (SSSR count). The topological polar surface area (TPSA) is 67.9 Å². The van der Waals surface area contributed by atoms with Crippen LogP contribution in [0.1, 0.15) is 17.2 Å². The van der Waals surface area contributed by atoms with Crippen molar-refractivity contribution < 1.29 is 9.59 Å². The van der Waals surface area contributed by atoms with Crippen LogP contribution in [0.15, 0.2) is 48.5 Å². The fourth-order valence-electron chi connectivity index (χ4n) is 3.68. The van der Waals surface area contributed by atoms with Crippen LogP contribution in [0.3, 0.4) is 0 Å². The van der Waals surface area contributed by atoms with Gasteiger partial charge in [0.1, 0.15) is 0 Å². The molecule has 1 unspecified atom stereocenters. The highest BCUT2D eigenvalue weighted by Crippen LogP contribution is 2.24. The maximum atomic E-state index is 12.5. The highest BCUT2D eigenvalue weighted by atomic mass is 16.2. The summed E-state index contributed by atoms with van der Waals surface area (Å²) in [5, 5.41) is 5.50. The minimum atomic E-state index is -0.649. The lowest BCUT2D eigenvalue weighted by Crippen LogP contribution is -2.49. The molecule has 2 aromatic carbocycles. The summed E-state index contributed by atoms with van der Waals surface area (Å²) in [7, 11) is 6.15. The zero-order valence-corrected chi connectivity index (χ0v) is 18.9. The van der Waals surface area contributed by atoms with E-state index in [1.807, 2.05) is 33.2 Å². The fourth-order valence-corrected chi connectivity index (χ4v) is 3.68. The van der Waals surface area contributed by atoms with Gasteiger partial charge in [-0.1, -0.05) is 29.8 Å². The van der Waals surface area contributed by atoms with Gasteiger partial charge in [0.25, 0.3) is 0 Å². The van der Waals surface area contributed by atoms with Crippen LogP contribution in [0, 0.1) is 6.92 Å². The maximum absolute atomic E-state index is 12.5. The number of nitrogens with one attached hydrogen (secondary N) is 2. The number of hydrogen-bond acceptors (Lipinski definition) is 5. The highest BCUT2D eigenvalue weighted by molar-refractivity contribution is 6.39. The van der Waals surface area contributed by atoms with Gasteiger partial charge in [-0.15, -0.1) is 0 Å². The van der Waals surface area contributed by atoms with Crippen LogP contribution in [0.4, 0.5) is 11.4 Å². The number of nitrogens with zero attached hydrogens (tertiary/aromatic N) is 3. The fraction of sp³-hybridized carbons (Fsp3) is 0.417. The first-order chi connectivity index (χ1) is 14.8. The van der Waals surface area contributed by atoms with E-state index in [-0.39, 0.29) is 6.04 Å². The van der Waals surface area contributed by atoms with Crippen molar-refractivity contribution in [1.82, 2.24) is 15.1 Å². The van der Waals surface area contributed by atoms with E-state index in [1.165, 1.54) is 0 Å². The van der Waals surface area contributed by atoms with E-state index >= 15 is 0 Å². The van der Waals surface area contributed by atoms with E-state index in [0.29, 0.717) is 12.2 Å². The second kappa shape index (κ2) is 10.4. The van der Waals surface area contributed by atoms with E-state index in [0.717, 1.165) is 43.0 Å². The lowest BCUT2D eigenvalue weighted by atomic mass is 10.0. The summed E-state index contributed by atoms with van der Waals surface area (Å²) >= 11 is 0. The lowest BCUT2D eigenvalue weighted by Gasteiger charge is -2.38. The van der Waals surface area contributed by atoms with Crippen molar-refractivity contribution in [2.75, 3.05) is 64.1 Å². The number of anilines is 2. The van der Waals surface area contributed by atoms with Crippen molar-refractivity contribution >= 4 is 23.2 Å². The quantitative estimate of drug-likeness (QED) is 0.697. The van der Waals surface area contributed by atoms with E-state index in [9.17, 15) is 9.59 Å². The standard InChI is InChI=1S/C24H33N5O2/c1-18-5-9-20(10-6-18)26-24(31)23(30)25-17-22(29-15-13-28(4)14-16-29)19-7-11-21(12-8-19)27(2)3/h5-12,22H,13-17H2,1-4H3,(H,25,30)(H,26,31). The Kier molecular flexibility index (Phi) is 7.65. The Morgan fingerprint density at radius 3 is 2.13 bits per heavy atom. The number of benzene rings is 2. The van der Waals surface area contributed by atoms with Gasteiger partial charge in [0.15, 0.2) is 0 Å². The predicted octanol–water partition coefficient (Wildman–Crippen LogP) is 2.10. The zero-order chi connectivity index (χ0) is 22.4. The van der Waals surface area contributed by atoms with Crippen molar-refractivity contribution in [2.24, 2.45) is 0 Å². The Morgan fingerprint density at radius 1 is 0.935 bits per heavy atom. The normalized spacial score (nSPS) is 15.9. The number of amides is 2. The van der Waals surface area contributed by atoms with Gasteiger partial charge in [-0.25, -0.2) is 0 Å². The number of carbonyl (C=O) groups is 2. The molecule has 1 atom stereocenters. The van der Waals surface area contributed by atoms with Gasteiger partial charge in [-0.05, 0) is 43.8 Å². The summed E-state index contributed by atoms with van der Waals surface area (Å²) in [5.41, 5.74) is 3.97. The average Bonchev–Trinajstić information content (AvgIpc) is 2.76. The molecule has 1 saturated heterocycles. The van der Waals surface area contributed by atoms with Crippen molar-refractivity contribution in [3.63, 3.8) is 0 Å². The molecule has 0 aromatic heterocycles. The molecule has 166 valence electrons. The molecule has 1 aliphatic rings. The Bertz CT molecular complexity index is 872. The largest absolute Gasteiger partial charge is 0.378 e. The van der Waals surface area contributed by atoms with E-state index < -0.39 is 11.8 Å². The van der Waals surface area contributed by atoms with Crippen molar-refractivity contribution in [3.05, 3.63) is 59.7 Å². The molecule has 1 aliphatic heterocycles. The summed E-state index contributed by atoms with van der Waals surface area (Å²) in [6.07, 6.45) is 0. The molecule has 7 heteroatoms. The van der Waals surface area contributed by atoms with Crippen molar-refractivity contribution in [3.8, 4) is 0 Å². The van der Waals surface area contributed by atoms with Gasteiger partial charge in [-0.3, -0.25) is 14.5 Å². The zero-order valence-electron chi connectivity index (χ0n) is 18.9. The first kappa shape index (κ1) is 22.8. The minimum absolute atomic E-state index is 0.0148. The van der Waals surface area contributed by atoms with Crippen LogP contribution >= 0.6 is 0 Å². The smallest absolute Gasteiger partial charge is 0.313 e. The third-order valence-electron chi connectivity index (χ3n) is 5.74. The molecule has 31 heavy (non-hydrogen) atoms. The summed E-state index contributed by atoms with van der Waals surface area (Å²) in [6, 6.07) is 15.8. The monoisotopic (exact) mass is 423 g/mol. The SMILES string of the molecule is Cc1ccc(NC(=O)C(=O)NCC(c2ccc(N(C)C)cc2)N2CCN(C)CC2)cc1. The molecule has 0 aliphatic carbocycles. The molecular weight excluding hydrogens is 390 g/mol. The number of aryl methyl sites for hydroxylation is 1. The molecular formula is C24H33N5O2. The van der Waals surface area contributed by atoms with E-state index in [1.54, 1.807) is 12.1 Å². The molecule has 2 amide bonds. The van der Waals surface area contributed by atoms with E-state index in [4.69, 9.17) is 0 Å². The Hall–Kier alpha value is -2.90. The van der Waals surface area contributed by atoms with E-state index in [2.05, 4.69) is 56.6 Å². The molecule has 0 spiro atoms. The van der Waals surface area contributed by atoms with Crippen molar-refractivity contribution in [2.45, 2.75) is 13.0 Å². The summed E-state index contributed by atoms with van der Waals surface area (Å²) in [6.45, 7) is 6.15. The van der Waals surface area contributed by atoms with Gasteiger partial charge < -0.3 is 20.4 Å². The number of piperazine rings is 1. The molecule has 7 nitrogen and oxygen atoms in total. The first-order valence-electron chi connectivity index (χ1n) is 10.7. The first-order valence-corrected chi connectivity index (χ1v) is 10.7. The van der Waals surface area contributed by atoms with Crippen LogP contribution < -0.4 is 15.5 Å². The third kappa shape index (κ3) is 6.29. The molecule has 2 N–H and O–H groups in total. The Labute approximate surface area is 185 Å². The number of likely N-dealkylation sites (N-methyl/N-ethyl adjacent to an activating group) is 1. The highest BCUT2D eigenvalue weighted by Gasteiger charge is 2.25. The Morgan fingerprint density at radius 2 is 1.55 bits per heavy atom. The Balaban J connectivity index is 1.66. The van der Waals surface area contributed by atoms with Gasteiger partial charge in [0, 0.05) is 58.2 Å². The second-order valence-corrected chi connectivity index (χ2v) is 8.37. The van der Waals surface area contributed by atoms with Gasteiger partial charge in [0.2, 0.25) is 0 Å².